The van der Waals surface area contributed by atoms with Crippen molar-refractivity contribution < 1.29 is 9.59 Å². The van der Waals surface area contributed by atoms with Gasteiger partial charge in [0.15, 0.2) is 0 Å². The molecule has 0 aromatic heterocycles. The highest BCUT2D eigenvalue weighted by Crippen LogP contribution is 2.26. The summed E-state index contributed by atoms with van der Waals surface area (Å²) in [5.74, 6) is -0.206. The first kappa shape index (κ1) is 18.0. The third-order valence-corrected chi connectivity index (χ3v) is 4.80. The molecule has 0 bridgehead atoms. The predicted octanol–water partition coefficient (Wildman–Crippen LogP) is 2.41. The van der Waals surface area contributed by atoms with Crippen LogP contribution in [0.25, 0.3) is 0 Å². The number of benzene rings is 1. The van der Waals surface area contributed by atoms with Crippen LogP contribution in [0.5, 0.6) is 0 Å². The van der Waals surface area contributed by atoms with Gasteiger partial charge < -0.3 is 15.5 Å². The lowest BCUT2D eigenvalue weighted by Crippen LogP contribution is -2.54. The van der Waals surface area contributed by atoms with E-state index in [0.29, 0.717) is 43.2 Å². The molecule has 7 heteroatoms. The van der Waals surface area contributed by atoms with Crippen molar-refractivity contribution in [3.63, 3.8) is 0 Å². The summed E-state index contributed by atoms with van der Waals surface area (Å²) in [7, 11) is 0. The number of amides is 2. The van der Waals surface area contributed by atoms with E-state index in [2.05, 4.69) is 0 Å². The van der Waals surface area contributed by atoms with E-state index in [0.717, 1.165) is 6.42 Å². The van der Waals surface area contributed by atoms with Crippen LogP contribution >= 0.6 is 23.2 Å². The summed E-state index contributed by atoms with van der Waals surface area (Å²) >= 11 is 12.1. The first-order valence-corrected chi connectivity index (χ1v) is 8.49. The van der Waals surface area contributed by atoms with Crippen molar-refractivity contribution in [2.45, 2.75) is 25.8 Å². The highest BCUT2D eigenvalue weighted by Gasteiger charge is 2.28. The van der Waals surface area contributed by atoms with Gasteiger partial charge in [-0.25, -0.2) is 0 Å². The molecule has 1 aliphatic rings. The molecule has 126 valence electrons. The molecule has 23 heavy (non-hydrogen) atoms. The first-order valence-electron chi connectivity index (χ1n) is 7.73. The monoisotopic (exact) mass is 357 g/mol. The molecule has 2 N–H and O–H groups in total. The Balaban J connectivity index is 1.97. The topological polar surface area (TPSA) is 66.6 Å². The second kappa shape index (κ2) is 7.99. The number of nitrogens with zero attached hydrogens (tertiary/aromatic N) is 2. The molecule has 5 nitrogen and oxygen atoms in total. The molecule has 1 unspecified atom stereocenters. The fraction of sp³-hybridized carbons (Fsp3) is 0.500. The Morgan fingerprint density at radius 3 is 2.39 bits per heavy atom. The second-order valence-corrected chi connectivity index (χ2v) is 6.40. The summed E-state index contributed by atoms with van der Waals surface area (Å²) in [5, 5.41) is 0.625. The summed E-state index contributed by atoms with van der Waals surface area (Å²) in [6.07, 6.45) is 1.55. The van der Waals surface area contributed by atoms with Crippen LogP contribution in [0.2, 0.25) is 10.0 Å². The van der Waals surface area contributed by atoms with Crippen LogP contribution in [-0.2, 0) is 4.79 Å². The summed E-state index contributed by atoms with van der Waals surface area (Å²) < 4.78 is 0. The van der Waals surface area contributed by atoms with Crippen molar-refractivity contribution in [1.82, 2.24) is 9.80 Å². The minimum absolute atomic E-state index is 0.0419. The Hall–Kier alpha value is -1.30. The Morgan fingerprint density at radius 1 is 1.17 bits per heavy atom. The van der Waals surface area contributed by atoms with E-state index in [9.17, 15) is 9.59 Å². The average molecular weight is 358 g/mol. The van der Waals surface area contributed by atoms with Gasteiger partial charge in [0.05, 0.1) is 21.7 Å². The molecule has 1 fully saturated rings. The van der Waals surface area contributed by atoms with Gasteiger partial charge in [-0.05, 0) is 18.6 Å². The molecule has 1 saturated heterocycles. The number of halogens is 2. The van der Waals surface area contributed by atoms with Gasteiger partial charge >= 0.3 is 0 Å². The lowest BCUT2D eigenvalue weighted by atomic mass is 10.1. The van der Waals surface area contributed by atoms with E-state index in [1.54, 1.807) is 28.0 Å². The molecule has 0 aliphatic carbocycles. The summed E-state index contributed by atoms with van der Waals surface area (Å²) in [6.45, 7) is 3.90. The van der Waals surface area contributed by atoms with Gasteiger partial charge in [-0.2, -0.15) is 0 Å². The predicted molar refractivity (Wildman–Crippen MR) is 91.8 cm³/mol. The summed E-state index contributed by atoms with van der Waals surface area (Å²) in [6, 6.07) is 4.55. The number of nitrogens with two attached hydrogens (primary N) is 1. The van der Waals surface area contributed by atoms with Gasteiger partial charge in [-0.15, -0.1) is 0 Å². The molecule has 1 heterocycles. The zero-order chi connectivity index (χ0) is 17.0. The zero-order valence-electron chi connectivity index (χ0n) is 13.1. The largest absolute Gasteiger partial charge is 0.338 e. The minimum Gasteiger partial charge on any atom is -0.338 e. The molecular formula is C16H21Cl2N3O2. The first-order chi connectivity index (χ1) is 11.0. The number of piperazine rings is 1. The normalized spacial score (nSPS) is 16.3. The Morgan fingerprint density at radius 2 is 1.78 bits per heavy atom. The van der Waals surface area contributed by atoms with E-state index < -0.39 is 6.04 Å². The number of carbonyl (C=O) groups excluding carboxylic acids is 2. The van der Waals surface area contributed by atoms with Gasteiger partial charge in [0, 0.05) is 26.2 Å². The Bertz CT molecular complexity index is 587. The van der Waals surface area contributed by atoms with Crippen LogP contribution in [-0.4, -0.2) is 53.8 Å². The molecule has 1 atom stereocenters. The molecule has 0 radical (unpaired) electrons. The lowest BCUT2D eigenvalue weighted by molar-refractivity contribution is -0.134. The molecule has 0 spiro atoms. The van der Waals surface area contributed by atoms with Crippen molar-refractivity contribution in [2.75, 3.05) is 26.2 Å². The maximum atomic E-state index is 12.5. The number of hydrogen-bond donors (Lipinski definition) is 1. The third-order valence-electron chi connectivity index (χ3n) is 3.98. The van der Waals surface area contributed by atoms with Crippen LogP contribution in [0.15, 0.2) is 18.2 Å². The van der Waals surface area contributed by atoms with Gasteiger partial charge in [0.25, 0.3) is 5.91 Å². The highest BCUT2D eigenvalue weighted by molar-refractivity contribution is 6.43. The minimum atomic E-state index is -0.454. The molecule has 1 aromatic carbocycles. The number of carbonyl (C=O) groups is 2. The van der Waals surface area contributed by atoms with Crippen molar-refractivity contribution >= 4 is 35.0 Å². The molecule has 2 rings (SSSR count). The molecular weight excluding hydrogens is 337 g/mol. The third kappa shape index (κ3) is 4.16. The van der Waals surface area contributed by atoms with Crippen LogP contribution in [0.3, 0.4) is 0 Å². The Labute approximate surface area is 146 Å². The van der Waals surface area contributed by atoms with E-state index in [1.807, 2.05) is 6.92 Å². The highest BCUT2D eigenvalue weighted by atomic mass is 35.5. The molecule has 1 aliphatic heterocycles. The standard InChI is InChI=1S/C16H21Cl2N3O2/c1-2-4-13(19)16(23)21-9-7-20(8-10-21)15(22)11-5-3-6-12(17)14(11)18/h3,5-6,13H,2,4,7-10,19H2,1H3. The van der Waals surface area contributed by atoms with E-state index >= 15 is 0 Å². The summed E-state index contributed by atoms with van der Waals surface area (Å²) in [4.78, 5) is 28.1. The maximum Gasteiger partial charge on any atom is 0.255 e. The Kier molecular flexibility index (Phi) is 6.27. The zero-order valence-corrected chi connectivity index (χ0v) is 14.6. The maximum absolute atomic E-state index is 12.5. The van der Waals surface area contributed by atoms with Crippen LogP contribution in [0.4, 0.5) is 0 Å². The van der Waals surface area contributed by atoms with Crippen molar-refractivity contribution in [3.8, 4) is 0 Å². The van der Waals surface area contributed by atoms with E-state index in [1.165, 1.54) is 0 Å². The lowest BCUT2D eigenvalue weighted by Gasteiger charge is -2.36. The van der Waals surface area contributed by atoms with Crippen LogP contribution in [0.1, 0.15) is 30.1 Å². The van der Waals surface area contributed by atoms with Crippen LogP contribution in [0, 0.1) is 0 Å². The number of hydrogen-bond acceptors (Lipinski definition) is 3. The molecule has 0 saturated carbocycles. The van der Waals surface area contributed by atoms with Gasteiger partial charge in [0.2, 0.25) is 5.91 Å². The van der Waals surface area contributed by atoms with Gasteiger partial charge in [0.1, 0.15) is 0 Å². The molecule has 1 aromatic rings. The average Bonchev–Trinajstić information content (AvgIpc) is 2.56. The van der Waals surface area contributed by atoms with E-state index in [-0.39, 0.29) is 16.8 Å². The SMILES string of the molecule is CCCC(N)C(=O)N1CCN(C(=O)c2cccc(Cl)c2Cl)CC1. The smallest absolute Gasteiger partial charge is 0.255 e. The van der Waals surface area contributed by atoms with Crippen molar-refractivity contribution in [2.24, 2.45) is 5.73 Å². The fourth-order valence-electron chi connectivity index (χ4n) is 2.64. The van der Waals surface area contributed by atoms with Crippen LogP contribution < -0.4 is 5.73 Å². The number of rotatable bonds is 4. The second-order valence-electron chi connectivity index (χ2n) is 5.61. The van der Waals surface area contributed by atoms with Gasteiger partial charge in [-0.1, -0.05) is 42.6 Å². The van der Waals surface area contributed by atoms with Crippen molar-refractivity contribution in [1.29, 1.82) is 0 Å². The van der Waals surface area contributed by atoms with Gasteiger partial charge in [-0.3, -0.25) is 9.59 Å². The molecule has 2 amide bonds. The van der Waals surface area contributed by atoms with Crippen molar-refractivity contribution in [3.05, 3.63) is 33.8 Å². The quantitative estimate of drug-likeness (QED) is 0.899. The van der Waals surface area contributed by atoms with E-state index in [4.69, 9.17) is 28.9 Å². The summed E-state index contributed by atoms with van der Waals surface area (Å²) in [5.41, 5.74) is 6.27. The fourth-order valence-corrected chi connectivity index (χ4v) is 3.02.